The number of hydrogen-bond donors (Lipinski definition) is 3. The van der Waals surface area contributed by atoms with Crippen molar-refractivity contribution in [2.75, 3.05) is 31.0 Å². The maximum atomic E-state index is 6.15. The van der Waals surface area contributed by atoms with E-state index in [2.05, 4.69) is 5.32 Å². The second-order valence-corrected chi connectivity index (χ2v) is 6.84. The maximum absolute atomic E-state index is 6.15. The Morgan fingerprint density at radius 1 is 0.867 bits per heavy atom. The van der Waals surface area contributed by atoms with Crippen LogP contribution in [0, 0.1) is 0 Å². The molecule has 0 atom stereocenters. The standard InChI is InChI=1S/C23H23N5O2/c1-29-17-8-14(9-18(12-17)30-2)13-26-23-21(15-6-4-3-5-7-15)28-22-19(25)10-16(24)11-20(22)27-23/h3-12H,13,24-25H2,1-2H3,(H,26,27). The minimum Gasteiger partial charge on any atom is -0.497 e. The molecular formula is C23H23N5O2. The van der Waals surface area contributed by atoms with Crippen LogP contribution >= 0.6 is 0 Å². The molecule has 0 spiro atoms. The average molecular weight is 401 g/mol. The number of ether oxygens (including phenoxy) is 2. The molecule has 0 fully saturated rings. The van der Waals surface area contributed by atoms with Crippen LogP contribution in [0.1, 0.15) is 5.56 Å². The highest BCUT2D eigenvalue weighted by atomic mass is 16.5. The Labute approximate surface area is 174 Å². The summed E-state index contributed by atoms with van der Waals surface area (Å²) in [5, 5.41) is 3.40. The largest absolute Gasteiger partial charge is 0.497 e. The first-order valence-electron chi connectivity index (χ1n) is 9.45. The molecule has 0 aliphatic rings. The summed E-state index contributed by atoms with van der Waals surface area (Å²) in [6.45, 7) is 0.505. The summed E-state index contributed by atoms with van der Waals surface area (Å²) >= 11 is 0. The van der Waals surface area contributed by atoms with Crippen molar-refractivity contribution in [2.24, 2.45) is 0 Å². The van der Waals surface area contributed by atoms with Crippen molar-refractivity contribution in [1.82, 2.24) is 9.97 Å². The Kier molecular flexibility index (Phi) is 5.26. The molecular weight excluding hydrogens is 378 g/mol. The number of methoxy groups -OCH3 is 2. The Morgan fingerprint density at radius 2 is 1.57 bits per heavy atom. The van der Waals surface area contributed by atoms with Crippen molar-refractivity contribution in [3.63, 3.8) is 0 Å². The highest BCUT2D eigenvalue weighted by Crippen LogP contribution is 2.31. The number of rotatable bonds is 6. The predicted octanol–water partition coefficient (Wildman–Crippen LogP) is 4.09. The molecule has 0 bridgehead atoms. The second kappa shape index (κ2) is 8.16. The molecule has 0 aliphatic carbocycles. The highest BCUT2D eigenvalue weighted by Gasteiger charge is 2.14. The summed E-state index contributed by atoms with van der Waals surface area (Å²) < 4.78 is 10.7. The zero-order valence-electron chi connectivity index (χ0n) is 16.8. The fourth-order valence-corrected chi connectivity index (χ4v) is 3.28. The molecule has 0 aliphatic heterocycles. The molecule has 0 saturated carbocycles. The van der Waals surface area contributed by atoms with Crippen molar-refractivity contribution in [1.29, 1.82) is 0 Å². The number of fused-ring (bicyclic) bond motifs is 1. The van der Waals surface area contributed by atoms with Gasteiger partial charge in [0.2, 0.25) is 0 Å². The summed E-state index contributed by atoms with van der Waals surface area (Å²) in [5.74, 6) is 2.08. The third-order valence-corrected chi connectivity index (χ3v) is 4.74. The molecule has 3 aromatic carbocycles. The van der Waals surface area contributed by atoms with E-state index in [1.165, 1.54) is 0 Å². The zero-order valence-corrected chi connectivity index (χ0v) is 16.8. The molecule has 5 N–H and O–H groups in total. The average Bonchev–Trinajstić information content (AvgIpc) is 2.77. The Morgan fingerprint density at radius 3 is 2.23 bits per heavy atom. The lowest BCUT2D eigenvalue weighted by atomic mass is 10.1. The fourth-order valence-electron chi connectivity index (χ4n) is 3.28. The number of nitrogens with one attached hydrogen (secondary N) is 1. The van der Waals surface area contributed by atoms with E-state index < -0.39 is 0 Å². The van der Waals surface area contributed by atoms with Gasteiger partial charge in [-0.3, -0.25) is 0 Å². The van der Waals surface area contributed by atoms with Gasteiger partial charge >= 0.3 is 0 Å². The van der Waals surface area contributed by atoms with Crippen molar-refractivity contribution in [2.45, 2.75) is 6.54 Å². The number of nitrogen functional groups attached to an aromatic ring is 2. The monoisotopic (exact) mass is 401 g/mol. The lowest BCUT2D eigenvalue weighted by molar-refractivity contribution is 0.393. The Balaban J connectivity index is 1.77. The van der Waals surface area contributed by atoms with Gasteiger partial charge in [-0.25, -0.2) is 9.97 Å². The minimum absolute atomic E-state index is 0.499. The van der Waals surface area contributed by atoms with Crippen LogP contribution in [-0.4, -0.2) is 24.2 Å². The first-order valence-corrected chi connectivity index (χ1v) is 9.45. The maximum Gasteiger partial charge on any atom is 0.153 e. The third-order valence-electron chi connectivity index (χ3n) is 4.74. The quantitative estimate of drug-likeness (QED) is 0.418. The first-order chi connectivity index (χ1) is 14.6. The molecule has 152 valence electrons. The molecule has 0 amide bonds. The van der Waals surface area contributed by atoms with Gasteiger partial charge in [0.1, 0.15) is 22.7 Å². The molecule has 7 nitrogen and oxygen atoms in total. The van der Waals surface area contributed by atoms with Gasteiger partial charge < -0.3 is 26.3 Å². The van der Waals surface area contributed by atoms with Gasteiger partial charge in [-0.05, 0) is 29.8 Å². The lowest BCUT2D eigenvalue weighted by Gasteiger charge is -2.14. The van der Waals surface area contributed by atoms with Crippen LogP contribution in [0.15, 0.2) is 60.7 Å². The first kappa shape index (κ1) is 19.3. The molecule has 7 heteroatoms. The van der Waals surface area contributed by atoms with Crippen LogP contribution < -0.4 is 26.3 Å². The number of hydrogen-bond acceptors (Lipinski definition) is 7. The fraction of sp³-hybridized carbons (Fsp3) is 0.130. The van der Waals surface area contributed by atoms with Crippen molar-refractivity contribution < 1.29 is 9.47 Å². The number of benzene rings is 3. The van der Waals surface area contributed by atoms with Gasteiger partial charge in [0, 0.05) is 23.9 Å². The van der Waals surface area contributed by atoms with Crippen LogP contribution in [0.5, 0.6) is 11.5 Å². The van der Waals surface area contributed by atoms with E-state index in [0.717, 1.165) is 28.3 Å². The van der Waals surface area contributed by atoms with Crippen LogP contribution in [0.2, 0.25) is 0 Å². The molecule has 0 saturated heterocycles. The van der Waals surface area contributed by atoms with Gasteiger partial charge in [0.15, 0.2) is 5.82 Å². The van der Waals surface area contributed by atoms with E-state index in [9.17, 15) is 0 Å². The van der Waals surface area contributed by atoms with E-state index in [1.54, 1.807) is 26.4 Å². The Hall–Kier alpha value is -4.00. The van der Waals surface area contributed by atoms with Gasteiger partial charge in [0.05, 0.1) is 25.4 Å². The molecule has 0 radical (unpaired) electrons. The van der Waals surface area contributed by atoms with E-state index in [1.807, 2.05) is 48.5 Å². The summed E-state index contributed by atoms with van der Waals surface area (Å²) in [6, 6.07) is 19.1. The number of anilines is 3. The summed E-state index contributed by atoms with van der Waals surface area (Å²) in [5.41, 5.74) is 17.1. The number of nitrogens with two attached hydrogens (primary N) is 2. The number of nitrogens with zero attached hydrogens (tertiary/aromatic N) is 2. The van der Waals surface area contributed by atoms with Crippen molar-refractivity contribution >= 4 is 28.2 Å². The molecule has 4 aromatic rings. The third kappa shape index (κ3) is 3.91. The summed E-state index contributed by atoms with van der Waals surface area (Å²) in [6.07, 6.45) is 0. The smallest absolute Gasteiger partial charge is 0.153 e. The van der Waals surface area contributed by atoms with Crippen LogP contribution in [0.25, 0.3) is 22.3 Å². The van der Waals surface area contributed by atoms with E-state index in [4.69, 9.17) is 30.9 Å². The van der Waals surface area contributed by atoms with E-state index in [-0.39, 0.29) is 0 Å². The van der Waals surface area contributed by atoms with Crippen molar-refractivity contribution in [3.05, 3.63) is 66.2 Å². The van der Waals surface area contributed by atoms with Gasteiger partial charge in [-0.2, -0.15) is 0 Å². The van der Waals surface area contributed by atoms with Crippen LogP contribution in [-0.2, 0) is 6.54 Å². The van der Waals surface area contributed by atoms with Crippen LogP contribution in [0.3, 0.4) is 0 Å². The van der Waals surface area contributed by atoms with Gasteiger partial charge in [0.25, 0.3) is 0 Å². The molecule has 0 unspecified atom stereocenters. The summed E-state index contributed by atoms with van der Waals surface area (Å²) in [7, 11) is 3.26. The summed E-state index contributed by atoms with van der Waals surface area (Å²) in [4.78, 5) is 9.59. The topological polar surface area (TPSA) is 108 Å². The number of aromatic nitrogens is 2. The molecule has 1 heterocycles. The molecule has 1 aromatic heterocycles. The van der Waals surface area contributed by atoms with Gasteiger partial charge in [-0.1, -0.05) is 30.3 Å². The second-order valence-electron chi connectivity index (χ2n) is 6.84. The highest BCUT2D eigenvalue weighted by molar-refractivity contribution is 5.93. The molecule has 30 heavy (non-hydrogen) atoms. The molecule has 4 rings (SSSR count). The Bertz CT molecular complexity index is 1170. The van der Waals surface area contributed by atoms with E-state index >= 15 is 0 Å². The normalized spacial score (nSPS) is 10.7. The predicted molar refractivity (Wildman–Crippen MR) is 121 cm³/mol. The lowest BCUT2D eigenvalue weighted by Crippen LogP contribution is -2.06. The van der Waals surface area contributed by atoms with Crippen LogP contribution in [0.4, 0.5) is 17.2 Å². The SMILES string of the molecule is COc1cc(CNc2nc3cc(N)cc(N)c3nc2-c2ccccc2)cc(OC)c1. The zero-order chi connectivity index (χ0) is 21.1. The van der Waals surface area contributed by atoms with E-state index in [0.29, 0.717) is 34.8 Å². The minimum atomic E-state index is 0.499. The van der Waals surface area contributed by atoms with Gasteiger partial charge in [-0.15, -0.1) is 0 Å². The van der Waals surface area contributed by atoms with Crippen molar-refractivity contribution in [3.8, 4) is 22.8 Å².